The predicted octanol–water partition coefficient (Wildman–Crippen LogP) is 2.65. The molecule has 0 bridgehead atoms. The van der Waals surface area contributed by atoms with Crippen molar-refractivity contribution >= 4 is 11.5 Å². The summed E-state index contributed by atoms with van der Waals surface area (Å²) < 4.78 is 42.7. The van der Waals surface area contributed by atoms with E-state index in [0.29, 0.717) is 12.2 Å². The molecule has 1 atom stereocenters. The fourth-order valence-corrected chi connectivity index (χ4v) is 2.25. The van der Waals surface area contributed by atoms with E-state index in [4.69, 9.17) is 0 Å². The van der Waals surface area contributed by atoms with E-state index in [1.807, 2.05) is 6.92 Å². The summed E-state index contributed by atoms with van der Waals surface area (Å²) in [6, 6.07) is 0.313. The third kappa shape index (κ3) is 3.07. The molecule has 8 heteroatoms. The fourth-order valence-electron chi connectivity index (χ4n) is 1.77. The zero-order chi connectivity index (χ0) is 13.9. The Balaban J connectivity index is 2.48. The third-order valence-electron chi connectivity index (χ3n) is 2.55. The topological polar surface area (TPSA) is 50.7 Å². The molecule has 2 heterocycles. The number of nitrogens with zero attached hydrogens (tertiary/aromatic N) is 3. The smallest absolute Gasteiger partial charge is 0.305 e. The van der Waals surface area contributed by atoms with Gasteiger partial charge in [0.25, 0.3) is 0 Å². The maximum Gasteiger partial charge on any atom is 0.416 e. The number of aromatic nitrogens is 3. The van der Waals surface area contributed by atoms with Crippen LogP contribution in [0.3, 0.4) is 0 Å². The van der Waals surface area contributed by atoms with Gasteiger partial charge < -0.3 is 5.32 Å². The Kier molecular flexibility index (Phi) is 4.11. The summed E-state index contributed by atoms with van der Waals surface area (Å²) in [5.74, 6) is 0. The van der Waals surface area contributed by atoms with Gasteiger partial charge in [0.1, 0.15) is 0 Å². The molecule has 0 aliphatic rings. The number of hydrogen-bond donors (Lipinski definition) is 1. The van der Waals surface area contributed by atoms with Crippen LogP contribution in [0.2, 0.25) is 0 Å². The lowest BCUT2D eigenvalue weighted by molar-refractivity contribution is -0.138. The summed E-state index contributed by atoms with van der Waals surface area (Å²) in [6.45, 7) is 2.32. The molecule has 0 aromatic carbocycles. The Morgan fingerprint density at radius 3 is 2.79 bits per heavy atom. The highest BCUT2D eigenvalue weighted by Crippen LogP contribution is 2.35. The number of alkyl halides is 3. The van der Waals surface area contributed by atoms with Crippen LogP contribution in [0.4, 0.5) is 13.2 Å². The van der Waals surface area contributed by atoms with Gasteiger partial charge in [-0.25, -0.2) is 0 Å². The second kappa shape index (κ2) is 5.62. The predicted molar refractivity (Wildman–Crippen MR) is 64.7 cm³/mol. The molecule has 2 aromatic rings. The first-order valence-corrected chi connectivity index (χ1v) is 6.39. The fraction of sp³-hybridized carbons (Fsp3) is 0.364. The van der Waals surface area contributed by atoms with Crippen LogP contribution in [0.25, 0.3) is 0 Å². The van der Waals surface area contributed by atoms with Crippen molar-refractivity contribution in [1.82, 2.24) is 19.9 Å². The minimum absolute atomic E-state index is 0.0598. The van der Waals surface area contributed by atoms with Crippen molar-refractivity contribution in [2.45, 2.75) is 19.1 Å². The quantitative estimate of drug-likeness (QED) is 0.939. The normalized spacial score (nSPS) is 13.5. The Hall–Kier alpha value is -1.54. The van der Waals surface area contributed by atoms with Gasteiger partial charge in [-0.15, -0.1) is 5.10 Å². The van der Waals surface area contributed by atoms with Gasteiger partial charge in [-0.05, 0) is 24.1 Å². The molecule has 0 aliphatic heterocycles. The summed E-state index contributed by atoms with van der Waals surface area (Å²) in [7, 11) is 0. The second-order valence-corrected chi connectivity index (χ2v) is 4.39. The van der Waals surface area contributed by atoms with E-state index in [-0.39, 0.29) is 5.56 Å². The van der Waals surface area contributed by atoms with Crippen LogP contribution in [0.5, 0.6) is 0 Å². The van der Waals surface area contributed by atoms with Crippen molar-refractivity contribution in [3.63, 3.8) is 0 Å². The molecule has 1 N–H and O–H groups in total. The molecule has 0 aliphatic carbocycles. The monoisotopic (exact) mass is 288 g/mol. The highest BCUT2D eigenvalue weighted by Gasteiger charge is 2.36. The molecule has 1 unspecified atom stereocenters. The lowest BCUT2D eigenvalue weighted by Gasteiger charge is -2.20. The second-order valence-electron chi connectivity index (χ2n) is 3.78. The molecule has 102 valence electrons. The number of pyridine rings is 1. The van der Waals surface area contributed by atoms with Gasteiger partial charge in [0.05, 0.1) is 17.3 Å². The van der Waals surface area contributed by atoms with E-state index in [2.05, 4.69) is 19.9 Å². The molecule has 0 amide bonds. The van der Waals surface area contributed by atoms with Crippen LogP contribution < -0.4 is 5.32 Å². The molecule has 0 spiro atoms. The third-order valence-corrected chi connectivity index (χ3v) is 3.07. The van der Waals surface area contributed by atoms with E-state index in [1.165, 1.54) is 6.20 Å². The Bertz CT molecular complexity index is 527. The number of hydrogen-bond acceptors (Lipinski definition) is 5. The molecule has 0 saturated carbocycles. The van der Waals surface area contributed by atoms with Crippen LogP contribution in [0, 0.1) is 0 Å². The zero-order valence-corrected chi connectivity index (χ0v) is 10.8. The zero-order valence-electron chi connectivity index (χ0n) is 9.98. The highest BCUT2D eigenvalue weighted by atomic mass is 32.1. The van der Waals surface area contributed by atoms with Crippen molar-refractivity contribution in [3.05, 3.63) is 40.7 Å². The first kappa shape index (κ1) is 13.9. The summed E-state index contributed by atoms with van der Waals surface area (Å²) in [5, 5.41) is 8.45. The molecule has 0 radical (unpaired) electrons. The van der Waals surface area contributed by atoms with E-state index in [9.17, 15) is 13.2 Å². The van der Waals surface area contributed by atoms with E-state index in [1.54, 1.807) is 5.38 Å². The van der Waals surface area contributed by atoms with Crippen LogP contribution in [0.1, 0.15) is 29.8 Å². The standard InChI is InChI=1S/C11H11F3N4S/c1-2-16-10(9-6-19-18-17-9)7-5-15-4-3-8(7)11(12,13)14/h3-6,10,16H,2H2,1H3. The van der Waals surface area contributed by atoms with E-state index >= 15 is 0 Å². The van der Waals surface area contributed by atoms with E-state index < -0.39 is 17.8 Å². The van der Waals surface area contributed by atoms with Gasteiger partial charge in [-0.2, -0.15) is 13.2 Å². The lowest BCUT2D eigenvalue weighted by Crippen LogP contribution is -2.25. The van der Waals surface area contributed by atoms with Crippen molar-refractivity contribution in [3.8, 4) is 0 Å². The van der Waals surface area contributed by atoms with Gasteiger partial charge in [-0.1, -0.05) is 11.4 Å². The maximum absolute atomic E-state index is 13.0. The van der Waals surface area contributed by atoms with Crippen LogP contribution >= 0.6 is 11.5 Å². The van der Waals surface area contributed by atoms with Crippen LogP contribution in [0.15, 0.2) is 23.8 Å². The Labute approximate surface area is 111 Å². The average molecular weight is 288 g/mol. The summed E-state index contributed by atoms with van der Waals surface area (Å²) in [6.07, 6.45) is -2.07. The largest absolute Gasteiger partial charge is 0.416 e. The molecule has 2 aromatic heterocycles. The summed E-state index contributed by atoms with van der Waals surface area (Å²) >= 11 is 1.10. The number of halogens is 3. The molecule has 0 saturated heterocycles. The van der Waals surface area contributed by atoms with Crippen LogP contribution in [-0.2, 0) is 6.18 Å². The van der Waals surface area contributed by atoms with Gasteiger partial charge in [0.15, 0.2) is 0 Å². The first-order valence-electron chi connectivity index (χ1n) is 5.55. The van der Waals surface area contributed by atoms with Crippen molar-refractivity contribution < 1.29 is 13.2 Å². The molecular weight excluding hydrogens is 277 g/mol. The Morgan fingerprint density at radius 2 is 2.21 bits per heavy atom. The molecular formula is C11H11F3N4S. The van der Waals surface area contributed by atoms with Crippen LogP contribution in [-0.4, -0.2) is 21.1 Å². The molecule has 19 heavy (non-hydrogen) atoms. The molecule has 4 nitrogen and oxygen atoms in total. The van der Waals surface area contributed by atoms with Gasteiger partial charge in [0, 0.05) is 23.3 Å². The van der Waals surface area contributed by atoms with Crippen molar-refractivity contribution in [1.29, 1.82) is 0 Å². The van der Waals surface area contributed by atoms with Crippen molar-refractivity contribution in [2.24, 2.45) is 0 Å². The highest BCUT2D eigenvalue weighted by molar-refractivity contribution is 7.03. The number of rotatable bonds is 4. The van der Waals surface area contributed by atoms with Gasteiger partial charge in [-0.3, -0.25) is 4.98 Å². The minimum atomic E-state index is -4.42. The molecule has 0 fully saturated rings. The van der Waals surface area contributed by atoms with Gasteiger partial charge in [0.2, 0.25) is 0 Å². The van der Waals surface area contributed by atoms with Gasteiger partial charge >= 0.3 is 6.18 Å². The Morgan fingerprint density at radius 1 is 1.42 bits per heavy atom. The summed E-state index contributed by atoms with van der Waals surface area (Å²) in [4.78, 5) is 3.79. The summed E-state index contributed by atoms with van der Waals surface area (Å²) in [5.41, 5.74) is -0.184. The maximum atomic E-state index is 13.0. The first-order chi connectivity index (χ1) is 9.04. The molecule has 2 rings (SSSR count). The van der Waals surface area contributed by atoms with Crippen molar-refractivity contribution in [2.75, 3.05) is 6.54 Å². The average Bonchev–Trinajstić information content (AvgIpc) is 2.88. The minimum Gasteiger partial charge on any atom is -0.305 e. The lowest BCUT2D eigenvalue weighted by atomic mass is 10.0. The van der Waals surface area contributed by atoms with E-state index in [0.717, 1.165) is 23.8 Å². The SMILES string of the molecule is CCNC(c1csnn1)c1cnccc1C(F)(F)F. The number of nitrogens with one attached hydrogen (secondary N) is 1.